The van der Waals surface area contributed by atoms with Crippen LogP contribution in [0.3, 0.4) is 0 Å². The van der Waals surface area contributed by atoms with Crippen LogP contribution < -0.4 is 0 Å². The maximum atomic E-state index is 10.9. The molecule has 0 aromatic rings. The Balaban J connectivity index is 3.03. The summed E-state index contributed by atoms with van der Waals surface area (Å²) in [6, 6.07) is 0. The molecule has 86 valence electrons. The van der Waals surface area contributed by atoms with Crippen LogP contribution in [0.25, 0.3) is 0 Å². The molecule has 0 N–H and O–H groups in total. The first-order chi connectivity index (χ1) is 6.56. The Morgan fingerprint density at radius 3 is 1.71 bits per heavy atom. The summed E-state index contributed by atoms with van der Waals surface area (Å²) in [6.07, 6.45) is 10.3. The molecule has 0 unspecified atom stereocenters. The summed E-state index contributed by atoms with van der Waals surface area (Å²) in [4.78, 5) is 0. The second-order valence-corrected chi connectivity index (χ2v) is 9.15. The van der Waals surface area contributed by atoms with Crippen molar-refractivity contribution in [2.75, 3.05) is 6.16 Å². The highest BCUT2D eigenvalue weighted by Crippen LogP contribution is 2.57. The van der Waals surface area contributed by atoms with Gasteiger partial charge in [-0.05, 0) is 28.9 Å². The third-order valence-corrected chi connectivity index (χ3v) is 4.12. The Morgan fingerprint density at radius 1 is 0.857 bits per heavy atom. The molecule has 0 atom stereocenters. The van der Waals surface area contributed by atoms with Crippen molar-refractivity contribution in [3.63, 3.8) is 0 Å². The van der Waals surface area contributed by atoms with E-state index >= 15 is 0 Å². The van der Waals surface area contributed by atoms with Crippen LogP contribution in [0.1, 0.15) is 58.3 Å². The zero-order valence-electron chi connectivity index (χ0n) is 8.98. The Bertz CT molecular complexity index is 168. The molecule has 0 aliphatic heterocycles. The molecule has 0 aliphatic carbocycles. The minimum Gasteiger partial charge on any atom is -0.289 e. The van der Waals surface area contributed by atoms with Crippen LogP contribution in [0.5, 0.6) is 0 Å². The molecular weight excluding hydrogens is 238 g/mol. The maximum absolute atomic E-state index is 10.9. The molecule has 0 heterocycles. The van der Waals surface area contributed by atoms with Crippen LogP contribution in [0.4, 0.5) is 0 Å². The normalized spacial score (nSPS) is 11.9. The van der Waals surface area contributed by atoms with E-state index in [1.165, 1.54) is 38.5 Å². The van der Waals surface area contributed by atoms with Crippen LogP contribution >= 0.6 is 28.3 Å². The topological polar surface area (TPSA) is 17.1 Å². The lowest BCUT2D eigenvalue weighted by atomic mass is 10.1. The predicted octanol–water partition coefficient (Wildman–Crippen LogP) is 5.80. The third kappa shape index (κ3) is 12.8. The second-order valence-electron chi connectivity index (χ2n) is 3.77. The standard InChI is InChI=1S/C10H21Cl2OP/c1-2-3-4-5-6-7-8-9-10-14(11,12)13/h2-10H2,1H3. The first-order valence-corrected chi connectivity index (χ1v) is 9.25. The summed E-state index contributed by atoms with van der Waals surface area (Å²) in [6.45, 7) is 2.22. The van der Waals surface area contributed by atoms with E-state index in [1.807, 2.05) is 0 Å². The fourth-order valence-corrected chi connectivity index (χ4v) is 2.74. The van der Waals surface area contributed by atoms with Crippen molar-refractivity contribution in [3.05, 3.63) is 0 Å². The maximum Gasteiger partial charge on any atom is 0.253 e. The van der Waals surface area contributed by atoms with E-state index in [-0.39, 0.29) is 0 Å². The van der Waals surface area contributed by atoms with E-state index in [2.05, 4.69) is 6.92 Å². The van der Waals surface area contributed by atoms with Gasteiger partial charge in [0.15, 0.2) is 0 Å². The van der Waals surface area contributed by atoms with Gasteiger partial charge in [0, 0.05) is 6.16 Å². The number of rotatable bonds is 9. The van der Waals surface area contributed by atoms with Gasteiger partial charge in [0.05, 0.1) is 0 Å². The summed E-state index contributed by atoms with van der Waals surface area (Å²) < 4.78 is 10.9. The molecular formula is C10H21Cl2OP. The molecule has 1 nitrogen and oxygen atoms in total. The molecule has 0 rings (SSSR count). The zero-order chi connectivity index (χ0) is 10.9. The van der Waals surface area contributed by atoms with Gasteiger partial charge in [-0.25, -0.2) is 0 Å². The van der Waals surface area contributed by atoms with E-state index in [1.54, 1.807) is 0 Å². The highest BCUT2D eigenvalue weighted by atomic mass is 35.9. The minimum absolute atomic E-state index is 0.477. The average molecular weight is 259 g/mol. The van der Waals surface area contributed by atoms with Crippen LogP contribution in [0.2, 0.25) is 0 Å². The summed E-state index contributed by atoms with van der Waals surface area (Å²) >= 11 is 10.9. The summed E-state index contributed by atoms with van der Waals surface area (Å²) in [5.74, 6) is -2.79. The number of hydrogen-bond donors (Lipinski definition) is 0. The molecule has 0 spiro atoms. The van der Waals surface area contributed by atoms with Gasteiger partial charge < -0.3 is 0 Å². The lowest BCUT2D eigenvalue weighted by Crippen LogP contribution is -1.83. The Kier molecular flexibility index (Phi) is 9.59. The van der Waals surface area contributed by atoms with Crippen LogP contribution in [0, 0.1) is 0 Å². The van der Waals surface area contributed by atoms with Crippen LogP contribution in [-0.2, 0) is 4.57 Å². The monoisotopic (exact) mass is 258 g/mol. The molecule has 0 bridgehead atoms. The molecule has 0 aromatic heterocycles. The average Bonchev–Trinajstić information content (AvgIpc) is 2.08. The van der Waals surface area contributed by atoms with Crippen molar-refractivity contribution in [2.45, 2.75) is 58.3 Å². The van der Waals surface area contributed by atoms with Crippen LogP contribution in [-0.4, -0.2) is 6.16 Å². The Morgan fingerprint density at radius 2 is 1.29 bits per heavy atom. The van der Waals surface area contributed by atoms with Gasteiger partial charge in [-0.15, -0.1) is 0 Å². The summed E-state index contributed by atoms with van der Waals surface area (Å²) in [7, 11) is 0. The van der Waals surface area contributed by atoms with Crippen molar-refractivity contribution < 1.29 is 4.57 Å². The molecule has 0 saturated heterocycles. The lowest BCUT2D eigenvalue weighted by Gasteiger charge is -2.02. The molecule has 0 saturated carbocycles. The first-order valence-electron chi connectivity index (χ1n) is 5.54. The lowest BCUT2D eigenvalue weighted by molar-refractivity contribution is 0.575. The van der Waals surface area contributed by atoms with Gasteiger partial charge in [0.25, 0.3) is 5.85 Å². The smallest absolute Gasteiger partial charge is 0.253 e. The van der Waals surface area contributed by atoms with Gasteiger partial charge in [-0.2, -0.15) is 0 Å². The largest absolute Gasteiger partial charge is 0.289 e. The van der Waals surface area contributed by atoms with Gasteiger partial charge in [-0.3, -0.25) is 4.57 Å². The van der Waals surface area contributed by atoms with Gasteiger partial charge >= 0.3 is 0 Å². The summed E-state index contributed by atoms with van der Waals surface area (Å²) in [5.41, 5.74) is 0. The first kappa shape index (κ1) is 14.8. The van der Waals surface area contributed by atoms with E-state index < -0.39 is 5.85 Å². The SMILES string of the molecule is CCCCCCCCCCP(=O)(Cl)Cl. The van der Waals surface area contributed by atoms with Gasteiger partial charge in [-0.1, -0.05) is 51.9 Å². The van der Waals surface area contributed by atoms with Crippen molar-refractivity contribution in [1.82, 2.24) is 0 Å². The zero-order valence-corrected chi connectivity index (χ0v) is 11.4. The minimum atomic E-state index is -2.79. The second kappa shape index (κ2) is 9.07. The summed E-state index contributed by atoms with van der Waals surface area (Å²) in [5, 5.41) is 0. The van der Waals surface area contributed by atoms with E-state index in [4.69, 9.17) is 22.5 Å². The Labute approximate surface area is 97.5 Å². The van der Waals surface area contributed by atoms with Crippen LogP contribution in [0.15, 0.2) is 0 Å². The molecule has 0 amide bonds. The molecule has 0 fully saturated rings. The van der Waals surface area contributed by atoms with E-state index in [0.717, 1.165) is 12.8 Å². The quantitative estimate of drug-likeness (QED) is 0.378. The van der Waals surface area contributed by atoms with Crippen molar-refractivity contribution in [1.29, 1.82) is 0 Å². The van der Waals surface area contributed by atoms with E-state index in [0.29, 0.717) is 6.16 Å². The van der Waals surface area contributed by atoms with Crippen molar-refractivity contribution >= 4 is 28.3 Å². The number of hydrogen-bond acceptors (Lipinski definition) is 1. The molecule has 14 heavy (non-hydrogen) atoms. The number of halogens is 2. The van der Waals surface area contributed by atoms with E-state index in [9.17, 15) is 4.57 Å². The van der Waals surface area contributed by atoms with Crippen molar-refractivity contribution in [3.8, 4) is 0 Å². The predicted molar refractivity (Wildman–Crippen MR) is 66.8 cm³/mol. The third-order valence-electron chi connectivity index (χ3n) is 2.27. The highest BCUT2D eigenvalue weighted by Gasteiger charge is 2.11. The number of unbranched alkanes of at least 4 members (excludes halogenated alkanes) is 7. The van der Waals surface area contributed by atoms with Gasteiger partial charge in [0.1, 0.15) is 0 Å². The molecule has 4 heteroatoms. The molecule has 0 aliphatic rings. The Hall–Kier alpha value is 0.810. The van der Waals surface area contributed by atoms with Crippen molar-refractivity contribution in [2.24, 2.45) is 0 Å². The highest BCUT2D eigenvalue weighted by molar-refractivity contribution is 8.08. The fraction of sp³-hybridized carbons (Fsp3) is 1.00. The van der Waals surface area contributed by atoms with Gasteiger partial charge in [0.2, 0.25) is 0 Å². The molecule has 0 radical (unpaired) electrons. The molecule has 0 aromatic carbocycles. The fourth-order valence-electron chi connectivity index (χ4n) is 1.43.